The Bertz CT molecular complexity index is 469. The van der Waals surface area contributed by atoms with E-state index >= 15 is 0 Å². The highest BCUT2D eigenvalue weighted by Gasteiger charge is 2.54. The second-order valence-electron chi connectivity index (χ2n) is 6.73. The Balaban J connectivity index is 2.01. The number of carbonyl (C=O) groups is 3. The van der Waals surface area contributed by atoms with E-state index in [1.54, 1.807) is 0 Å². The molecular weight excluding hydrogens is 286 g/mol. The largest absolute Gasteiger partial charge is 0.480 e. The Morgan fingerprint density at radius 3 is 2.36 bits per heavy atom. The van der Waals surface area contributed by atoms with Crippen LogP contribution in [0.2, 0.25) is 0 Å². The van der Waals surface area contributed by atoms with E-state index in [9.17, 15) is 14.4 Å². The van der Waals surface area contributed by atoms with E-state index in [-0.39, 0.29) is 0 Å². The average molecular weight is 311 g/mol. The van der Waals surface area contributed by atoms with E-state index in [0.717, 1.165) is 31.0 Å². The van der Waals surface area contributed by atoms with Crippen molar-refractivity contribution in [1.82, 2.24) is 15.1 Å². The maximum Gasteiger partial charge on any atom is 0.326 e. The molecule has 7 nitrogen and oxygen atoms in total. The predicted octanol–water partition coefficient (Wildman–Crippen LogP) is 0.892. The van der Waals surface area contributed by atoms with Gasteiger partial charge in [0.1, 0.15) is 11.6 Å². The van der Waals surface area contributed by atoms with Crippen LogP contribution in [-0.2, 0) is 9.59 Å². The lowest BCUT2D eigenvalue weighted by molar-refractivity contribution is -0.147. The van der Waals surface area contributed by atoms with Crippen LogP contribution in [0.25, 0.3) is 0 Å². The number of hydrogen-bond acceptors (Lipinski definition) is 4. The van der Waals surface area contributed by atoms with Crippen molar-refractivity contribution in [3.63, 3.8) is 0 Å². The number of carboxylic acids is 1. The molecule has 2 heterocycles. The lowest BCUT2D eigenvalue weighted by Crippen LogP contribution is -2.55. The molecule has 0 bridgehead atoms. The molecule has 2 aliphatic rings. The molecule has 3 amide bonds. The number of nitrogens with zero attached hydrogens (tertiary/aromatic N) is 2. The number of nitrogens with one attached hydrogen (secondary N) is 1. The van der Waals surface area contributed by atoms with Crippen LogP contribution in [-0.4, -0.2) is 64.0 Å². The molecule has 1 spiro atoms. The van der Waals surface area contributed by atoms with Crippen LogP contribution >= 0.6 is 0 Å². The van der Waals surface area contributed by atoms with Gasteiger partial charge in [-0.3, -0.25) is 4.79 Å². The molecule has 2 saturated heterocycles. The van der Waals surface area contributed by atoms with Gasteiger partial charge in [-0.15, -0.1) is 0 Å². The normalized spacial score (nSPS) is 23.2. The van der Waals surface area contributed by atoms with Gasteiger partial charge in [0.25, 0.3) is 5.91 Å². The van der Waals surface area contributed by atoms with E-state index in [1.165, 1.54) is 6.92 Å². The molecule has 2 rings (SSSR count). The molecule has 0 aromatic heterocycles. The van der Waals surface area contributed by atoms with Crippen LogP contribution in [0.4, 0.5) is 4.79 Å². The van der Waals surface area contributed by atoms with Crippen LogP contribution in [0.1, 0.15) is 40.0 Å². The predicted molar refractivity (Wildman–Crippen MR) is 80.3 cm³/mol. The van der Waals surface area contributed by atoms with Gasteiger partial charge in [-0.05, 0) is 38.6 Å². The number of rotatable bonds is 5. The number of aliphatic carboxylic acids is 1. The number of urea groups is 1. The molecular formula is C15H25N3O4. The van der Waals surface area contributed by atoms with Crippen molar-refractivity contribution in [2.24, 2.45) is 5.92 Å². The first kappa shape index (κ1) is 16.7. The monoisotopic (exact) mass is 311 g/mol. The smallest absolute Gasteiger partial charge is 0.326 e. The van der Waals surface area contributed by atoms with Gasteiger partial charge in [0.2, 0.25) is 0 Å². The van der Waals surface area contributed by atoms with E-state index < -0.39 is 29.5 Å². The highest BCUT2D eigenvalue weighted by molar-refractivity contribution is 6.09. The third-order valence-electron chi connectivity index (χ3n) is 4.67. The molecule has 0 aliphatic carbocycles. The van der Waals surface area contributed by atoms with E-state index in [2.05, 4.69) is 24.1 Å². The molecule has 22 heavy (non-hydrogen) atoms. The zero-order valence-electron chi connectivity index (χ0n) is 13.5. The van der Waals surface area contributed by atoms with Crippen LogP contribution in [0.15, 0.2) is 0 Å². The zero-order chi connectivity index (χ0) is 16.5. The summed E-state index contributed by atoms with van der Waals surface area (Å²) in [5.74, 6) is -0.929. The fraction of sp³-hybridized carbons (Fsp3) is 0.800. The van der Waals surface area contributed by atoms with Crippen molar-refractivity contribution in [2.75, 3.05) is 19.6 Å². The van der Waals surface area contributed by atoms with Crippen molar-refractivity contribution >= 4 is 17.9 Å². The minimum atomic E-state index is -1.17. The van der Waals surface area contributed by atoms with Crippen molar-refractivity contribution < 1.29 is 19.5 Å². The highest BCUT2D eigenvalue weighted by atomic mass is 16.4. The summed E-state index contributed by atoms with van der Waals surface area (Å²) in [6, 6.07) is -1.72. The molecule has 124 valence electrons. The van der Waals surface area contributed by atoms with Gasteiger partial charge in [-0.1, -0.05) is 13.8 Å². The first-order valence-corrected chi connectivity index (χ1v) is 7.88. The minimum absolute atomic E-state index is 0.393. The Kier molecular flexibility index (Phi) is 4.75. The van der Waals surface area contributed by atoms with Crippen LogP contribution < -0.4 is 5.32 Å². The molecule has 2 N–H and O–H groups in total. The Hall–Kier alpha value is -1.63. The third kappa shape index (κ3) is 3.09. The molecule has 1 unspecified atom stereocenters. The SMILES string of the molecule is CC(C)CCN1CCC2(CC1)NC(=O)N(C(C)C(=O)O)C2=O. The van der Waals surface area contributed by atoms with Gasteiger partial charge >= 0.3 is 12.0 Å². The summed E-state index contributed by atoms with van der Waals surface area (Å²) in [6.07, 6.45) is 2.19. The van der Waals surface area contributed by atoms with Gasteiger partial charge in [0.05, 0.1) is 0 Å². The molecule has 0 saturated carbocycles. The van der Waals surface area contributed by atoms with Crippen molar-refractivity contribution in [3.8, 4) is 0 Å². The minimum Gasteiger partial charge on any atom is -0.480 e. The highest BCUT2D eigenvalue weighted by Crippen LogP contribution is 2.30. The average Bonchev–Trinajstić information content (AvgIpc) is 2.68. The molecule has 2 fully saturated rings. The number of carbonyl (C=O) groups excluding carboxylic acids is 2. The number of imide groups is 1. The Morgan fingerprint density at radius 1 is 1.27 bits per heavy atom. The third-order valence-corrected chi connectivity index (χ3v) is 4.67. The molecule has 1 atom stereocenters. The lowest BCUT2D eigenvalue weighted by Gasteiger charge is -2.37. The van der Waals surface area contributed by atoms with Gasteiger partial charge in [0, 0.05) is 13.1 Å². The van der Waals surface area contributed by atoms with Crippen molar-refractivity contribution in [2.45, 2.75) is 51.6 Å². The van der Waals surface area contributed by atoms with E-state index in [0.29, 0.717) is 18.8 Å². The maximum atomic E-state index is 12.6. The summed E-state index contributed by atoms with van der Waals surface area (Å²) in [6.45, 7) is 8.19. The van der Waals surface area contributed by atoms with E-state index in [1.807, 2.05) is 0 Å². The number of likely N-dealkylation sites (tertiary alicyclic amines) is 1. The van der Waals surface area contributed by atoms with Gasteiger partial charge < -0.3 is 15.3 Å². The summed E-state index contributed by atoms with van der Waals surface area (Å²) in [4.78, 5) is 38.8. The number of hydrogen-bond donors (Lipinski definition) is 2. The zero-order valence-corrected chi connectivity index (χ0v) is 13.5. The first-order chi connectivity index (χ1) is 10.3. The lowest BCUT2D eigenvalue weighted by atomic mass is 9.87. The van der Waals surface area contributed by atoms with Gasteiger partial charge in [-0.2, -0.15) is 0 Å². The van der Waals surface area contributed by atoms with Crippen LogP contribution in [0.5, 0.6) is 0 Å². The van der Waals surface area contributed by atoms with Crippen LogP contribution in [0, 0.1) is 5.92 Å². The molecule has 0 aromatic carbocycles. The number of carboxylic acid groups (broad SMARTS) is 1. The quantitative estimate of drug-likeness (QED) is 0.736. The maximum absolute atomic E-state index is 12.6. The summed E-state index contributed by atoms with van der Waals surface area (Å²) in [5.41, 5.74) is -0.908. The molecule has 2 aliphatic heterocycles. The standard InChI is InChI=1S/C15H25N3O4/c1-10(2)4-7-17-8-5-15(6-9-17)13(21)18(14(22)16-15)11(3)12(19)20/h10-11H,4-9H2,1-3H3,(H,16,22)(H,19,20). The second-order valence-corrected chi connectivity index (χ2v) is 6.73. The Morgan fingerprint density at radius 2 is 1.86 bits per heavy atom. The number of amides is 3. The molecule has 7 heteroatoms. The second kappa shape index (κ2) is 6.24. The van der Waals surface area contributed by atoms with E-state index in [4.69, 9.17) is 5.11 Å². The Labute approximate surface area is 130 Å². The fourth-order valence-electron chi connectivity index (χ4n) is 3.04. The first-order valence-electron chi connectivity index (χ1n) is 7.88. The van der Waals surface area contributed by atoms with Crippen LogP contribution in [0.3, 0.4) is 0 Å². The topological polar surface area (TPSA) is 90.0 Å². The summed E-state index contributed by atoms with van der Waals surface area (Å²) in [5, 5.41) is 11.8. The number of piperidine rings is 1. The summed E-state index contributed by atoms with van der Waals surface area (Å²) in [7, 11) is 0. The van der Waals surface area contributed by atoms with Crippen molar-refractivity contribution in [1.29, 1.82) is 0 Å². The summed E-state index contributed by atoms with van der Waals surface area (Å²) >= 11 is 0. The van der Waals surface area contributed by atoms with Crippen molar-refractivity contribution in [3.05, 3.63) is 0 Å². The fourth-order valence-corrected chi connectivity index (χ4v) is 3.04. The molecule has 0 aromatic rings. The van der Waals surface area contributed by atoms with Gasteiger partial charge in [0.15, 0.2) is 0 Å². The molecule has 0 radical (unpaired) electrons. The van der Waals surface area contributed by atoms with Gasteiger partial charge in [-0.25, -0.2) is 14.5 Å². The summed E-state index contributed by atoms with van der Waals surface area (Å²) < 4.78 is 0.